The van der Waals surface area contributed by atoms with Crippen LogP contribution in [-0.2, 0) is 4.74 Å². The van der Waals surface area contributed by atoms with E-state index in [2.05, 4.69) is 12.2 Å². The summed E-state index contributed by atoms with van der Waals surface area (Å²) in [5, 5.41) is 4.85. The van der Waals surface area contributed by atoms with E-state index in [1.54, 1.807) is 0 Å². The lowest BCUT2D eigenvalue weighted by atomic mass is 9.93. The van der Waals surface area contributed by atoms with E-state index in [-0.39, 0.29) is 0 Å². The molecule has 2 heterocycles. The Bertz CT molecular complexity index is 319. The molecule has 0 aromatic rings. The fraction of sp³-hybridized carbons (Fsp3) is 0.923. The third-order valence-corrected chi connectivity index (χ3v) is 5.77. The van der Waals surface area contributed by atoms with Gasteiger partial charge in [-0.05, 0) is 37.5 Å². The summed E-state index contributed by atoms with van der Waals surface area (Å²) < 4.78 is 5.44. The van der Waals surface area contributed by atoms with Crippen molar-refractivity contribution in [3.63, 3.8) is 0 Å². The van der Waals surface area contributed by atoms with Crippen LogP contribution < -0.4 is 5.32 Å². The van der Waals surface area contributed by atoms with Gasteiger partial charge in [-0.3, -0.25) is 4.99 Å². The standard InChI is InChI=1S/C13H22N2OS/c1-2-12(3-4-12)9-14-11-15-13(10-17-11)5-7-16-8-6-13/h2-10H2,1H3,(H,14,15). The first-order valence-corrected chi connectivity index (χ1v) is 7.78. The van der Waals surface area contributed by atoms with Gasteiger partial charge in [-0.25, -0.2) is 0 Å². The lowest BCUT2D eigenvalue weighted by Crippen LogP contribution is -2.48. The zero-order chi connectivity index (χ0) is 11.8. The van der Waals surface area contributed by atoms with E-state index in [4.69, 9.17) is 9.73 Å². The van der Waals surface area contributed by atoms with Crippen LogP contribution in [0.25, 0.3) is 0 Å². The normalized spacial score (nSPS) is 31.7. The molecule has 0 radical (unpaired) electrons. The molecular weight excluding hydrogens is 232 g/mol. The number of ether oxygens (including phenoxy) is 1. The smallest absolute Gasteiger partial charge is 0.157 e. The average molecular weight is 254 g/mol. The van der Waals surface area contributed by atoms with Gasteiger partial charge in [0.2, 0.25) is 0 Å². The van der Waals surface area contributed by atoms with Gasteiger partial charge in [-0.15, -0.1) is 0 Å². The van der Waals surface area contributed by atoms with Gasteiger partial charge in [0.1, 0.15) is 0 Å². The second kappa shape index (κ2) is 4.47. The quantitative estimate of drug-likeness (QED) is 0.840. The molecule has 0 unspecified atom stereocenters. The molecule has 0 bridgehead atoms. The van der Waals surface area contributed by atoms with Crippen LogP contribution in [0.5, 0.6) is 0 Å². The molecule has 2 aliphatic heterocycles. The monoisotopic (exact) mass is 254 g/mol. The molecule has 17 heavy (non-hydrogen) atoms. The molecule has 3 rings (SSSR count). The Balaban J connectivity index is 1.57. The van der Waals surface area contributed by atoms with Gasteiger partial charge < -0.3 is 10.1 Å². The number of nitrogens with zero attached hydrogens (tertiary/aromatic N) is 1. The summed E-state index contributed by atoms with van der Waals surface area (Å²) in [5.41, 5.74) is 0.866. The lowest BCUT2D eigenvalue weighted by molar-refractivity contribution is 0.0555. The van der Waals surface area contributed by atoms with Crippen molar-refractivity contribution < 1.29 is 4.74 Å². The molecule has 0 aromatic heterocycles. The maximum Gasteiger partial charge on any atom is 0.157 e. The van der Waals surface area contributed by atoms with Crippen LogP contribution in [0.1, 0.15) is 39.0 Å². The molecule has 3 fully saturated rings. The summed E-state index contributed by atoms with van der Waals surface area (Å²) in [7, 11) is 0. The molecule has 3 aliphatic rings. The van der Waals surface area contributed by atoms with Crippen molar-refractivity contribution in [2.24, 2.45) is 10.4 Å². The molecule has 0 atom stereocenters. The fourth-order valence-corrected chi connectivity index (χ4v) is 3.88. The van der Waals surface area contributed by atoms with E-state index >= 15 is 0 Å². The minimum absolute atomic E-state index is 0.296. The summed E-state index contributed by atoms with van der Waals surface area (Å²) >= 11 is 1.91. The molecular formula is C13H22N2OS. The van der Waals surface area contributed by atoms with Gasteiger partial charge >= 0.3 is 0 Å². The van der Waals surface area contributed by atoms with E-state index in [1.807, 2.05) is 11.8 Å². The highest BCUT2D eigenvalue weighted by Crippen LogP contribution is 2.49. The van der Waals surface area contributed by atoms with Crippen molar-refractivity contribution in [2.45, 2.75) is 44.6 Å². The van der Waals surface area contributed by atoms with Crippen LogP contribution in [0.3, 0.4) is 0 Å². The lowest BCUT2D eigenvalue weighted by Gasteiger charge is -2.32. The Morgan fingerprint density at radius 1 is 1.29 bits per heavy atom. The second-order valence-corrected chi connectivity index (χ2v) is 6.75. The molecule has 4 heteroatoms. The van der Waals surface area contributed by atoms with Gasteiger partial charge in [-0.2, -0.15) is 0 Å². The number of rotatable bonds is 3. The number of thioether (sulfide) groups is 1. The Morgan fingerprint density at radius 2 is 2.06 bits per heavy atom. The van der Waals surface area contributed by atoms with Crippen LogP contribution in [-0.4, -0.2) is 36.2 Å². The topological polar surface area (TPSA) is 33.6 Å². The highest BCUT2D eigenvalue weighted by atomic mass is 32.2. The van der Waals surface area contributed by atoms with Gasteiger partial charge in [0.05, 0.1) is 5.54 Å². The fourth-order valence-electron chi connectivity index (χ4n) is 2.66. The minimum atomic E-state index is 0.296. The molecule has 1 N–H and O–H groups in total. The molecule has 3 nitrogen and oxygen atoms in total. The average Bonchev–Trinajstić information content (AvgIpc) is 3.06. The molecule has 0 amide bonds. The number of hydrogen-bond acceptors (Lipinski definition) is 3. The number of aliphatic imine (C=N–C) groups is 1. The largest absolute Gasteiger partial charge is 0.381 e. The van der Waals surface area contributed by atoms with E-state index in [0.29, 0.717) is 11.0 Å². The summed E-state index contributed by atoms with van der Waals surface area (Å²) in [6, 6.07) is 0. The predicted molar refractivity (Wildman–Crippen MR) is 72.6 cm³/mol. The third-order valence-electron chi connectivity index (χ3n) is 4.57. The molecule has 96 valence electrons. The number of hydrogen-bond donors (Lipinski definition) is 1. The van der Waals surface area contributed by atoms with Crippen molar-refractivity contribution in [3.8, 4) is 0 Å². The predicted octanol–water partition coefficient (Wildman–Crippen LogP) is 2.42. The first-order valence-electron chi connectivity index (χ1n) is 6.79. The van der Waals surface area contributed by atoms with Crippen LogP contribution in [0.4, 0.5) is 0 Å². The van der Waals surface area contributed by atoms with Crippen molar-refractivity contribution in [1.82, 2.24) is 5.32 Å². The van der Waals surface area contributed by atoms with Gasteiger partial charge in [-0.1, -0.05) is 18.7 Å². The Kier molecular flexibility index (Phi) is 3.11. The third kappa shape index (κ3) is 2.48. The van der Waals surface area contributed by atoms with Gasteiger partial charge in [0.25, 0.3) is 0 Å². The first kappa shape index (κ1) is 11.8. The zero-order valence-corrected chi connectivity index (χ0v) is 11.4. The van der Waals surface area contributed by atoms with Crippen LogP contribution in [0, 0.1) is 5.41 Å². The van der Waals surface area contributed by atoms with Crippen molar-refractivity contribution in [2.75, 3.05) is 25.5 Å². The van der Waals surface area contributed by atoms with Crippen LogP contribution in [0.15, 0.2) is 4.99 Å². The molecule has 2 saturated heterocycles. The van der Waals surface area contributed by atoms with Crippen LogP contribution >= 0.6 is 11.8 Å². The summed E-state index contributed by atoms with van der Waals surface area (Å²) in [4.78, 5) is 4.81. The summed E-state index contributed by atoms with van der Waals surface area (Å²) in [6.45, 7) is 5.13. The van der Waals surface area contributed by atoms with E-state index < -0.39 is 0 Å². The maximum atomic E-state index is 5.44. The Labute approximate surface area is 108 Å². The second-order valence-electron chi connectivity index (χ2n) is 5.78. The van der Waals surface area contributed by atoms with Crippen LogP contribution in [0.2, 0.25) is 0 Å². The SMILES string of the molecule is CCC1(CN=C2NC3(CCOCC3)CS2)CC1. The van der Waals surface area contributed by atoms with Crippen molar-refractivity contribution in [1.29, 1.82) is 0 Å². The first-order chi connectivity index (χ1) is 8.26. The molecule has 0 aromatic carbocycles. The minimum Gasteiger partial charge on any atom is -0.381 e. The van der Waals surface area contributed by atoms with Crippen molar-refractivity contribution in [3.05, 3.63) is 0 Å². The highest BCUT2D eigenvalue weighted by molar-refractivity contribution is 8.14. The number of nitrogens with one attached hydrogen (secondary N) is 1. The van der Waals surface area contributed by atoms with E-state index in [0.717, 1.165) is 32.6 Å². The highest BCUT2D eigenvalue weighted by Gasteiger charge is 2.42. The van der Waals surface area contributed by atoms with Gasteiger partial charge in [0.15, 0.2) is 5.17 Å². The van der Waals surface area contributed by atoms with Gasteiger partial charge in [0, 0.05) is 25.5 Å². The molecule has 1 saturated carbocycles. The Morgan fingerprint density at radius 3 is 2.71 bits per heavy atom. The van der Waals surface area contributed by atoms with E-state index in [1.165, 1.54) is 30.2 Å². The maximum absolute atomic E-state index is 5.44. The molecule has 1 spiro atoms. The van der Waals surface area contributed by atoms with E-state index in [9.17, 15) is 0 Å². The summed E-state index contributed by atoms with van der Waals surface area (Å²) in [6.07, 6.45) is 6.32. The zero-order valence-electron chi connectivity index (χ0n) is 10.6. The van der Waals surface area contributed by atoms with Crippen molar-refractivity contribution >= 4 is 16.9 Å². The molecule has 1 aliphatic carbocycles. The number of amidine groups is 1. The summed E-state index contributed by atoms with van der Waals surface area (Å²) in [5.74, 6) is 1.17. The Hall–Kier alpha value is -0.220.